The van der Waals surface area contributed by atoms with Gasteiger partial charge in [-0.05, 0) is 38.0 Å². The quantitative estimate of drug-likeness (QED) is 0.579. The molecule has 3 rings (SSSR count). The van der Waals surface area contributed by atoms with E-state index in [2.05, 4.69) is 0 Å². The second kappa shape index (κ2) is 7.48. The predicted octanol–water partition coefficient (Wildman–Crippen LogP) is 2.98. The van der Waals surface area contributed by atoms with Crippen LogP contribution in [0.5, 0.6) is 0 Å². The van der Waals surface area contributed by atoms with Gasteiger partial charge in [0.05, 0.1) is 15.6 Å². The smallest absolute Gasteiger partial charge is 0.273 e. The van der Waals surface area contributed by atoms with Gasteiger partial charge in [0.25, 0.3) is 11.6 Å². The molecule has 142 valence electrons. The Morgan fingerprint density at radius 2 is 1.89 bits per heavy atom. The van der Waals surface area contributed by atoms with Crippen molar-refractivity contribution in [3.63, 3.8) is 0 Å². The van der Waals surface area contributed by atoms with Crippen molar-refractivity contribution in [2.75, 3.05) is 12.3 Å². The molecule has 0 saturated carbocycles. The van der Waals surface area contributed by atoms with Gasteiger partial charge in [-0.25, -0.2) is 8.42 Å². The van der Waals surface area contributed by atoms with Crippen LogP contribution in [0.4, 0.5) is 5.69 Å². The normalized spacial score (nSPS) is 17.1. The number of sulfone groups is 1. The number of benzene rings is 2. The Balaban J connectivity index is 1.86. The number of hydrogen-bond donors (Lipinski definition) is 0. The molecule has 0 bridgehead atoms. The van der Waals surface area contributed by atoms with Crippen molar-refractivity contribution >= 4 is 21.4 Å². The van der Waals surface area contributed by atoms with E-state index >= 15 is 0 Å². The molecule has 0 aliphatic carbocycles. The molecule has 0 aromatic heterocycles. The van der Waals surface area contributed by atoms with Gasteiger partial charge in [0.15, 0.2) is 9.84 Å². The molecule has 0 radical (unpaired) electrons. The van der Waals surface area contributed by atoms with E-state index in [-0.39, 0.29) is 27.8 Å². The minimum absolute atomic E-state index is 0.117. The Morgan fingerprint density at radius 1 is 1.19 bits per heavy atom. The van der Waals surface area contributed by atoms with Crippen molar-refractivity contribution < 1.29 is 18.1 Å². The molecule has 1 atom stereocenters. The van der Waals surface area contributed by atoms with Crippen LogP contribution in [-0.4, -0.2) is 42.5 Å². The molecule has 1 saturated heterocycles. The molecule has 1 heterocycles. The summed E-state index contributed by atoms with van der Waals surface area (Å²) in [5.41, 5.74) is 0.422. The zero-order chi connectivity index (χ0) is 19.6. The highest BCUT2D eigenvalue weighted by molar-refractivity contribution is 7.91. The third-order valence-electron chi connectivity index (χ3n) is 4.88. The van der Waals surface area contributed by atoms with Gasteiger partial charge in [0.1, 0.15) is 0 Å². The van der Waals surface area contributed by atoms with Crippen LogP contribution in [0.3, 0.4) is 0 Å². The Morgan fingerprint density at radius 3 is 2.56 bits per heavy atom. The second-order valence-electron chi connectivity index (χ2n) is 6.60. The summed E-state index contributed by atoms with van der Waals surface area (Å²) in [7, 11) is -3.53. The van der Waals surface area contributed by atoms with Gasteiger partial charge in [-0.2, -0.15) is 0 Å². The molecule has 7 nitrogen and oxygen atoms in total. The van der Waals surface area contributed by atoms with Crippen LogP contribution in [0.2, 0.25) is 0 Å². The van der Waals surface area contributed by atoms with E-state index in [0.717, 1.165) is 0 Å². The maximum atomic E-state index is 13.0. The summed E-state index contributed by atoms with van der Waals surface area (Å²) in [5.74, 6) is -0.515. The van der Waals surface area contributed by atoms with Crippen molar-refractivity contribution in [2.45, 2.75) is 30.7 Å². The lowest BCUT2D eigenvalue weighted by Crippen LogP contribution is -2.40. The summed E-state index contributed by atoms with van der Waals surface area (Å²) in [6.45, 7) is 1.98. The third kappa shape index (κ3) is 3.85. The molecule has 2 aromatic rings. The monoisotopic (exact) mass is 388 g/mol. The van der Waals surface area contributed by atoms with Crippen molar-refractivity contribution in [3.05, 3.63) is 69.8 Å². The average molecular weight is 388 g/mol. The summed E-state index contributed by atoms with van der Waals surface area (Å²) < 4.78 is 25.4. The lowest BCUT2D eigenvalue weighted by Gasteiger charge is -2.25. The number of carbonyl (C=O) groups excluding carboxylic acids is 1. The van der Waals surface area contributed by atoms with Crippen LogP contribution in [0.25, 0.3) is 0 Å². The molecular formula is C19H20N2O5S. The fourth-order valence-electron chi connectivity index (χ4n) is 3.46. The van der Waals surface area contributed by atoms with Crippen LogP contribution < -0.4 is 0 Å². The number of amides is 1. The van der Waals surface area contributed by atoms with E-state index in [1.54, 1.807) is 36.4 Å². The number of rotatable bonds is 5. The molecule has 1 amide bonds. The van der Waals surface area contributed by atoms with Gasteiger partial charge in [-0.1, -0.05) is 24.3 Å². The molecule has 0 N–H and O–H groups in total. The number of nitro groups is 1. The van der Waals surface area contributed by atoms with Crippen LogP contribution in [-0.2, 0) is 9.84 Å². The first-order valence-electron chi connectivity index (χ1n) is 8.64. The first-order valence-corrected chi connectivity index (χ1v) is 10.3. The van der Waals surface area contributed by atoms with Crippen LogP contribution in [0.1, 0.15) is 28.8 Å². The first kappa shape index (κ1) is 19.0. The van der Waals surface area contributed by atoms with Crippen molar-refractivity contribution in [1.82, 2.24) is 4.90 Å². The van der Waals surface area contributed by atoms with Gasteiger partial charge in [-0.3, -0.25) is 14.9 Å². The maximum absolute atomic E-state index is 13.0. The van der Waals surface area contributed by atoms with Crippen LogP contribution in [0.15, 0.2) is 53.4 Å². The Labute approximate surface area is 157 Å². The van der Waals surface area contributed by atoms with E-state index in [4.69, 9.17) is 0 Å². The molecule has 27 heavy (non-hydrogen) atoms. The van der Waals surface area contributed by atoms with Crippen molar-refractivity contribution in [3.8, 4) is 0 Å². The van der Waals surface area contributed by atoms with E-state index in [1.165, 1.54) is 24.0 Å². The summed E-state index contributed by atoms with van der Waals surface area (Å²) in [4.78, 5) is 25.4. The Hall–Kier alpha value is -2.74. The average Bonchev–Trinajstić information content (AvgIpc) is 3.09. The van der Waals surface area contributed by atoms with E-state index in [9.17, 15) is 23.3 Å². The highest BCUT2D eigenvalue weighted by atomic mass is 32.2. The SMILES string of the molecule is Cc1c(C(=O)N2CCCC2CS(=O)(=O)c2ccccc2)cccc1[N+](=O)[O-]. The molecule has 1 unspecified atom stereocenters. The molecule has 8 heteroatoms. The van der Waals surface area contributed by atoms with Gasteiger partial charge in [0.2, 0.25) is 0 Å². The fourth-order valence-corrected chi connectivity index (χ4v) is 5.08. The zero-order valence-electron chi connectivity index (χ0n) is 14.9. The Kier molecular flexibility index (Phi) is 5.27. The zero-order valence-corrected chi connectivity index (χ0v) is 15.7. The second-order valence-corrected chi connectivity index (χ2v) is 8.63. The summed E-state index contributed by atoms with van der Waals surface area (Å²) in [6.07, 6.45) is 1.29. The molecule has 1 aliphatic heterocycles. The van der Waals surface area contributed by atoms with E-state index in [1.807, 2.05) is 0 Å². The van der Waals surface area contributed by atoms with Crippen molar-refractivity contribution in [2.24, 2.45) is 0 Å². The van der Waals surface area contributed by atoms with Gasteiger partial charge in [-0.15, -0.1) is 0 Å². The van der Waals surface area contributed by atoms with E-state index in [0.29, 0.717) is 24.9 Å². The largest absolute Gasteiger partial charge is 0.335 e. The molecule has 0 spiro atoms. The number of hydrogen-bond acceptors (Lipinski definition) is 5. The van der Waals surface area contributed by atoms with Gasteiger partial charge in [0, 0.05) is 29.8 Å². The number of nitrogens with zero attached hydrogens (tertiary/aromatic N) is 2. The summed E-state index contributed by atoms with van der Waals surface area (Å²) in [5, 5.41) is 11.1. The molecule has 2 aromatic carbocycles. The lowest BCUT2D eigenvalue weighted by atomic mass is 10.1. The standard InChI is InChI=1S/C19H20N2O5S/c1-14-17(10-5-11-18(14)21(23)24)19(22)20-12-6-7-15(20)13-27(25,26)16-8-3-2-4-9-16/h2-5,8-11,15H,6-7,12-13H2,1H3. The minimum atomic E-state index is -3.53. The topological polar surface area (TPSA) is 97.6 Å². The fraction of sp³-hybridized carbons (Fsp3) is 0.316. The van der Waals surface area contributed by atoms with Gasteiger partial charge < -0.3 is 4.90 Å². The third-order valence-corrected chi connectivity index (χ3v) is 6.70. The Bertz CT molecular complexity index is 973. The molecule has 1 fully saturated rings. The van der Waals surface area contributed by atoms with Crippen LogP contribution in [0, 0.1) is 17.0 Å². The van der Waals surface area contributed by atoms with E-state index < -0.39 is 20.8 Å². The highest BCUT2D eigenvalue weighted by Gasteiger charge is 2.34. The van der Waals surface area contributed by atoms with Crippen molar-refractivity contribution in [1.29, 1.82) is 0 Å². The summed E-state index contributed by atoms with van der Waals surface area (Å²) in [6, 6.07) is 12.1. The lowest BCUT2D eigenvalue weighted by molar-refractivity contribution is -0.385. The minimum Gasteiger partial charge on any atom is -0.335 e. The number of likely N-dealkylation sites (tertiary alicyclic amines) is 1. The highest BCUT2D eigenvalue weighted by Crippen LogP contribution is 2.27. The number of nitro benzene ring substituents is 1. The molecule has 1 aliphatic rings. The predicted molar refractivity (Wildman–Crippen MR) is 100 cm³/mol. The maximum Gasteiger partial charge on any atom is 0.273 e. The first-order chi connectivity index (χ1) is 12.8. The summed E-state index contributed by atoms with van der Waals surface area (Å²) >= 11 is 0. The van der Waals surface area contributed by atoms with Gasteiger partial charge >= 0.3 is 0 Å². The number of carbonyl (C=O) groups is 1. The molecular weight excluding hydrogens is 368 g/mol. The van der Waals surface area contributed by atoms with Crippen LogP contribution >= 0.6 is 0 Å².